The predicted octanol–water partition coefficient (Wildman–Crippen LogP) is 4.33. The van der Waals surface area contributed by atoms with E-state index in [-0.39, 0.29) is 0 Å². The topological polar surface area (TPSA) is 45.9 Å². The van der Waals surface area contributed by atoms with Crippen LogP contribution in [-0.2, 0) is 0 Å². The number of ether oxygens (including phenoxy) is 1. The van der Waals surface area contributed by atoms with Crippen LogP contribution in [0.3, 0.4) is 0 Å². The predicted molar refractivity (Wildman–Crippen MR) is 119 cm³/mol. The highest BCUT2D eigenvalue weighted by molar-refractivity contribution is 5.72. The molecule has 30 heavy (non-hydrogen) atoms. The number of likely N-dealkylation sites (N-methyl/N-ethyl adjacent to an activating group) is 1. The summed E-state index contributed by atoms with van der Waals surface area (Å²) in [5.41, 5.74) is 2.70. The Labute approximate surface area is 176 Å². The number of benzene rings is 2. The van der Waals surface area contributed by atoms with E-state index in [4.69, 9.17) is 9.72 Å². The zero-order valence-electron chi connectivity index (χ0n) is 17.1. The molecule has 6 heteroatoms. The molecule has 2 aromatic heterocycles. The van der Waals surface area contributed by atoms with Gasteiger partial charge >= 0.3 is 0 Å². The molecule has 0 aliphatic carbocycles. The van der Waals surface area contributed by atoms with E-state index in [2.05, 4.69) is 34.1 Å². The molecular formula is C24H25N5O. The van der Waals surface area contributed by atoms with Crippen molar-refractivity contribution < 1.29 is 4.74 Å². The van der Waals surface area contributed by atoms with Crippen LogP contribution in [0.15, 0.2) is 72.9 Å². The van der Waals surface area contributed by atoms with E-state index in [9.17, 15) is 0 Å². The van der Waals surface area contributed by atoms with Gasteiger partial charge in [-0.05, 0) is 44.3 Å². The Bertz CT molecular complexity index is 1140. The first-order chi connectivity index (χ1) is 14.8. The number of rotatable bonds is 4. The summed E-state index contributed by atoms with van der Waals surface area (Å²) in [5, 5.41) is 4.54. The second-order valence-corrected chi connectivity index (χ2v) is 7.66. The van der Waals surface area contributed by atoms with E-state index < -0.39 is 0 Å². The van der Waals surface area contributed by atoms with Gasteiger partial charge in [-0.15, -0.1) is 0 Å². The average Bonchev–Trinajstić information content (AvgIpc) is 3.15. The van der Waals surface area contributed by atoms with Gasteiger partial charge in [0.15, 0.2) is 5.65 Å². The second-order valence-electron chi connectivity index (χ2n) is 7.66. The molecule has 2 aromatic carbocycles. The molecule has 0 bridgehead atoms. The van der Waals surface area contributed by atoms with Gasteiger partial charge in [0.1, 0.15) is 17.3 Å². The number of aromatic nitrogens is 3. The van der Waals surface area contributed by atoms with Gasteiger partial charge in [0, 0.05) is 37.3 Å². The minimum Gasteiger partial charge on any atom is -0.457 e. The van der Waals surface area contributed by atoms with Crippen molar-refractivity contribution >= 4 is 11.5 Å². The van der Waals surface area contributed by atoms with E-state index >= 15 is 0 Å². The molecule has 1 aliphatic rings. The quantitative estimate of drug-likeness (QED) is 0.511. The van der Waals surface area contributed by atoms with E-state index in [0.29, 0.717) is 0 Å². The van der Waals surface area contributed by atoms with Crippen LogP contribution in [0.5, 0.6) is 11.5 Å². The normalized spacial score (nSPS) is 15.3. The first-order valence-corrected chi connectivity index (χ1v) is 10.4. The first kappa shape index (κ1) is 18.6. The Hall–Kier alpha value is -3.38. The largest absolute Gasteiger partial charge is 0.457 e. The van der Waals surface area contributed by atoms with Crippen LogP contribution in [0, 0.1) is 0 Å². The van der Waals surface area contributed by atoms with Crippen LogP contribution in [0.1, 0.15) is 6.42 Å². The fraction of sp³-hybridized carbons (Fsp3) is 0.250. The SMILES string of the molecule is CN1CCCN(c2cc(-c3ccccc3Oc3ccccc3)nc3ccnn23)CC1. The molecule has 152 valence electrons. The van der Waals surface area contributed by atoms with E-state index in [1.807, 2.05) is 65.3 Å². The summed E-state index contributed by atoms with van der Waals surface area (Å²) in [6, 6.07) is 22.0. The van der Waals surface area contributed by atoms with Crippen LogP contribution < -0.4 is 9.64 Å². The molecule has 0 atom stereocenters. The number of nitrogens with zero attached hydrogens (tertiary/aromatic N) is 5. The van der Waals surface area contributed by atoms with Crippen molar-refractivity contribution in [2.75, 3.05) is 38.1 Å². The third-order valence-electron chi connectivity index (χ3n) is 5.52. The third-order valence-corrected chi connectivity index (χ3v) is 5.52. The first-order valence-electron chi connectivity index (χ1n) is 10.4. The molecule has 1 fully saturated rings. The lowest BCUT2D eigenvalue weighted by molar-refractivity contribution is 0.360. The summed E-state index contributed by atoms with van der Waals surface area (Å²) in [6.07, 6.45) is 2.94. The molecule has 1 saturated heterocycles. The average molecular weight is 399 g/mol. The maximum Gasteiger partial charge on any atom is 0.157 e. The molecule has 1 aliphatic heterocycles. The maximum atomic E-state index is 6.19. The number of hydrogen-bond acceptors (Lipinski definition) is 5. The van der Waals surface area contributed by atoms with Gasteiger partial charge in [0.2, 0.25) is 0 Å². The number of para-hydroxylation sites is 2. The molecule has 0 saturated carbocycles. The van der Waals surface area contributed by atoms with Crippen molar-refractivity contribution in [3.8, 4) is 22.8 Å². The summed E-state index contributed by atoms with van der Waals surface area (Å²) < 4.78 is 8.13. The summed E-state index contributed by atoms with van der Waals surface area (Å²) in [5.74, 6) is 2.68. The van der Waals surface area contributed by atoms with Crippen molar-refractivity contribution in [3.05, 3.63) is 72.9 Å². The minimum atomic E-state index is 0.793. The van der Waals surface area contributed by atoms with Crippen molar-refractivity contribution in [1.82, 2.24) is 19.5 Å². The molecule has 0 N–H and O–H groups in total. The summed E-state index contributed by atoms with van der Waals surface area (Å²) >= 11 is 0. The zero-order valence-corrected chi connectivity index (χ0v) is 17.1. The van der Waals surface area contributed by atoms with Crippen molar-refractivity contribution in [1.29, 1.82) is 0 Å². The lowest BCUT2D eigenvalue weighted by Gasteiger charge is -2.24. The van der Waals surface area contributed by atoms with E-state index in [0.717, 1.165) is 66.8 Å². The molecular weight excluding hydrogens is 374 g/mol. The van der Waals surface area contributed by atoms with Crippen LogP contribution in [0.4, 0.5) is 5.82 Å². The summed E-state index contributed by atoms with van der Waals surface area (Å²) in [6.45, 7) is 4.13. The van der Waals surface area contributed by atoms with Gasteiger partial charge in [-0.2, -0.15) is 9.61 Å². The molecule has 0 spiro atoms. The van der Waals surface area contributed by atoms with Crippen molar-refractivity contribution in [2.24, 2.45) is 0 Å². The van der Waals surface area contributed by atoms with Crippen LogP contribution >= 0.6 is 0 Å². The van der Waals surface area contributed by atoms with Crippen molar-refractivity contribution in [3.63, 3.8) is 0 Å². The zero-order chi connectivity index (χ0) is 20.3. The third kappa shape index (κ3) is 3.74. The Morgan fingerprint density at radius 1 is 0.867 bits per heavy atom. The van der Waals surface area contributed by atoms with Gasteiger partial charge in [-0.3, -0.25) is 0 Å². The fourth-order valence-electron chi connectivity index (χ4n) is 3.92. The minimum absolute atomic E-state index is 0.793. The Kier molecular flexibility index (Phi) is 5.07. The molecule has 4 aromatic rings. The number of anilines is 1. The van der Waals surface area contributed by atoms with Gasteiger partial charge in [-0.25, -0.2) is 4.98 Å². The van der Waals surface area contributed by atoms with Gasteiger partial charge in [0.25, 0.3) is 0 Å². The van der Waals surface area contributed by atoms with Crippen LogP contribution in [0.25, 0.3) is 16.9 Å². The standard InChI is InChI=1S/C24H25N5O/c1-27-14-7-15-28(17-16-27)24-18-21(26-23-12-13-25-29(23)24)20-10-5-6-11-22(20)30-19-8-3-2-4-9-19/h2-6,8-13,18H,7,14-17H2,1H3. The highest BCUT2D eigenvalue weighted by atomic mass is 16.5. The second kappa shape index (κ2) is 8.16. The smallest absolute Gasteiger partial charge is 0.157 e. The molecule has 3 heterocycles. The van der Waals surface area contributed by atoms with Gasteiger partial charge in [-0.1, -0.05) is 30.3 Å². The lowest BCUT2D eigenvalue weighted by atomic mass is 10.1. The van der Waals surface area contributed by atoms with Gasteiger partial charge < -0.3 is 14.5 Å². The van der Waals surface area contributed by atoms with Crippen molar-refractivity contribution in [2.45, 2.75) is 6.42 Å². The Morgan fingerprint density at radius 2 is 1.70 bits per heavy atom. The monoisotopic (exact) mass is 399 g/mol. The van der Waals surface area contributed by atoms with Crippen LogP contribution in [-0.4, -0.2) is 52.7 Å². The van der Waals surface area contributed by atoms with Crippen LogP contribution in [0.2, 0.25) is 0 Å². The molecule has 0 amide bonds. The Balaban J connectivity index is 1.57. The van der Waals surface area contributed by atoms with E-state index in [1.165, 1.54) is 0 Å². The highest BCUT2D eigenvalue weighted by Gasteiger charge is 2.19. The number of fused-ring (bicyclic) bond motifs is 1. The number of hydrogen-bond donors (Lipinski definition) is 0. The highest BCUT2D eigenvalue weighted by Crippen LogP contribution is 2.34. The van der Waals surface area contributed by atoms with E-state index in [1.54, 1.807) is 0 Å². The Morgan fingerprint density at radius 3 is 2.60 bits per heavy atom. The van der Waals surface area contributed by atoms with Gasteiger partial charge in [0.05, 0.1) is 11.9 Å². The maximum absolute atomic E-state index is 6.19. The summed E-state index contributed by atoms with van der Waals surface area (Å²) in [4.78, 5) is 9.68. The fourth-order valence-corrected chi connectivity index (χ4v) is 3.92. The molecule has 5 rings (SSSR count). The lowest BCUT2D eigenvalue weighted by Crippen LogP contribution is -2.30. The molecule has 6 nitrogen and oxygen atoms in total. The molecule has 0 radical (unpaired) electrons. The molecule has 0 unspecified atom stereocenters. The summed E-state index contributed by atoms with van der Waals surface area (Å²) in [7, 11) is 2.18.